The molecule has 1 fully saturated rings. The van der Waals surface area contributed by atoms with E-state index < -0.39 is 5.54 Å². The summed E-state index contributed by atoms with van der Waals surface area (Å²) in [6.07, 6.45) is 1.74. The van der Waals surface area contributed by atoms with E-state index in [4.69, 9.17) is 9.26 Å². The number of rotatable bonds is 6. The van der Waals surface area contributed by atoms with E-state index >= 15 is 0 Å². The van der Waals surface area contributed by atoms with Gasteiger partial charge in [-0.2, -0.15) is 0 Å². The third-order valence-corrected chi connectivity index (χ3v) is 4.63. The van der Waals surface area contributed by atoms with Crippen molar-refractivity contribution in [3.8, 4) is 11.3 Å². The highest BCUT2D eigenvalue weighted by molar-refractivity contribution is 5.86. The van der Waals surface area contributed by atoms with Crippen molar-refractivity contribution in [3.63, 3.8) is 0 Å². The largest absolute Gasteiger partial charge is 0.382 e. The second-order valence-corrected chi connectivity index (χ2v) is 6.12. The van der Waals surface area contributed by atoms with Crippen LogP contribution in [0.1, 0.15) is 18.5 Å². The second kappa shape index (κ2) is 7.15. The molecule has 2 aromatic rings. The van der Waals surface area contributed by atoms with Gasteiger partial charge in [0.15, 0.2) is 5.76 Å². The lowest BCUT2D eigenvalue weighted by Gasteiger charge is -2.35. The molecule has 6 heteroatoms. The van der Waals surface area contributed by atoms with Crippen molar-refractivity contribution >= 4 is 5.91 Å². The molecule has 1 N–H and O–H groups in total. The number of likely N-dealkylation sites (tertiary alicyclic amines) is 1. The monoisotopic (exact) mass is 329 g/mol. The van der Waals surface area contributed by atoms with E-state index in [0.29, 0.717) is 13.2 Å². The van der Waals surface area contributed by atoms with E-state index in [-0.39, 0.29) is 5.91 Å². The zero-order valence-corrected chi connectivity index (χ0v) is 14.1. The van der Waals surface area contributed by atoms with Crippen LogP contribution in [-0.4, -0.2) is 48.8 Å². The Balaban J connectivity index is 1.80. The Morgan fingerprint density at radius 1 is 1.42 bits per heavy atom. The van der Waals surface area contributed by atoms with Crippen LogP contribution in [0.3, 0.4) is 0 Å². The highest BCUT2D eigenvalue weighted by atomic mass is 16.5. The predicted molar refractivity (Wildman–Crippen MR) is 90.3 cm³/mol. The molecule has 1 unspecified atom stereocenters. The SMILES string of the molecule is CNC(=O)C1(COC)CCCN1Cc1cc(-c2ccccc2)on1. The summed E-state index contributed by atoms with van der Waals surface area (Å²) in [6, 6.07) is 11.8. The maximum Gasteiger partial charge on any atom is 0.242 e. The second-order valence-electron chi connectivity index (χ2n) is 6.12. The van der Waals surface area contributed by atoms with Gasteiger partial charge in [-0.1, -0.05) is 35.5 Å². The highest BCUT2D eigenvalue weighted by Gasteiger charge is 2.47. The van der Waals surface area contributed by atoms with Gasteiger partial charge in [0.05, 0.1) is 12.3 Å². The van der Waals surface area contributed by atoms with Crippen molar-refractivity contribution in [1.82, 2.24) is 15.4 Å². The first kappa shape index (κ1) is 16.7. The van der Waals surface area contributed by atoms with Gasteiger partial charge in [-0.25, -0.2) is 0 Å². The van der Waals surface area contributed by atoms with Crippen molar-refractivity contribution in [1.29, 1.82) is 0 Å². The maximum atomic E-state index is 12.5. The zero-order chi connectivity index (χ0) is 17.0. The van der Waals surface area contributed by atoms with E-state index in [2.05, 4.69) is 15.4 Å². The third-order valence-electron chi connectivity index (χ3n) is 4.63. The van der Waals surface area contributed by atoms with Crippen molar-refractivity contribution in [2.24, 2.45) is 0 Å². The molecule has 1 aromatic carbocycles. The van der Waals surface area contributed by atoms with Gasteiger partial charge in [0.2, 0.25) is 5.91 Å². The zero-order valence-electron chi connectivity index (χ0n) is 14.1. The minimum atomic E-state index is -0.630. The molecule has 0 aliphatic carbocycles. The lowest BCUT2D eigenvalue weighted by atomic mass is 9.95. The quantitative estimate of drug-likeness (QED) is 0.879. The van der Waals surface area contributed by atoms with Crippen molar-refractivity contribution in [2.45, 2.75) is 24.9 Å². The molecule has 1 atom stereocenters. The number of amides is 1. The summed E-state index contributed by atoms with van der Waals surface area (Å²) in [5.41, 5.74) is 1.18. The van der Waals surface area contributed by atoms with E-state index in [1.165, 1.54) is 0 Å². The van der Waals surface area contributed by atoms with Gasteiger partial charge in [0.1, 0.15) is 5.54 Å². The topological polar surface area (TPSA) is 67.6 Å². The summed E-state index contributed by atoms with van der Waals surface area (Å²) < 4.78 is 10.8. The van der Waals surface area contributed by atoms with Crippen LogP contribution in [0.15, 0.2) is 40.9 Å². The Morgan fingerprint density at radius 2 is 2.21 bits per heavy atom. The number of carbonyl (C=O) groups is 1. The molecule has 1 aliphatic heterocycles. The Morgan fingerprint density at radius 3 is 2.92 bits per heavy atom. The van der Waals surface area contributed by atoms with Crippen molar-refractivity contribution < 1.29 is 14.1 Å². The van der Waals surface area contributed by atoms with E-state index in [1.807, 2.05) is 36.4 Å². The van der Waals surface area contributed by atoms with Crippen LogP contribution < -0.4 is 5.32 Å². The van der Waals surface area contributed by atoms with Crippen LogP contribution in [0.2, 0.25) is 0 Å². The van der Waals surface area contributed by atoms with Crippen LogP contribution in [0.5, 0.6) is 0 Å². The minimum absolute atomic E-state index is 0.00590. The molecule has 1 aliphatic rings. The molecule has 0 saturated carbocycles. The summed E-state index contributed by atoms with van der Waals surface area (Å²) in [6.45, 7) is 1.77. The number of hydrogen-bond donors (Lipinski definition) is 1. The van der Waals surface area contributed by atoms with E-state index in [9.17, 15) is 4.79 Å². The Bertz CT molecular complexity index is 686. The number of benzene rings is 1. The summed E-state index contributed by atoms with van der Waals surface area (Å²) in [5, 5.41) is 6.95. The number of carbonyl (C=O) groups excluding carboxylic acids is 1. The van der Waals surface area contributed by atoms with Crippen molar-refractivity contribution in [2.75, 3.05) is 27.3 Å². The number of ether oxygens (including phenoxy) is 1. The number of likely N-dealkylation sites (N-methyl/N-ethyl adjacent to an activating group) is 1. The fourth-order valence-corrected chi connectivity index (χ4v) is 3.44. The molecule has 24 heavy (non-hydrogen) atoms. The third kappa shape index (κ3) is 3.07. The molecule has 1 amide bonds. The van der Waals surface area contributed by atoms with Gasteiger partial charge in [-0.05, 0) is 19.4 Å². The summed E-state index contributed by atoms with van der Waals surface area (Å²) in [7, 11) is 3.30. The van der Waals surface area contributed by atoms with Gasteiger partial charge >= 0.3 is 0 Å². The van der Waals surface area contributed by atoms with Crippen LogP contribution in [0.4, 0.5) is 0 Å². The highest BCUT2D eigenvalue weighted by Crippen LogP contribution is 2.32. The average molecular weight is 329 g/mol. The number of hydrogen-bond acceptors (Lipinski definition) is 5. The maximum absolute atomic E-state index is 12.5. The molecular formula is C18H23N3O3. The molecule has 1 aromatic heterocycles. The van der Waals surface area contributed by atoms with Gasteiger partial charge in [0.25, 0.3) is 0 Å². The lowest BCUT2D eigenvalue weighted by Crippen LogP contribution is -2.57. The van der Waals surface area contributed by atoms with Crippen LogP contribution in [-0.2, 0) is 16.1 Å². The summed E-state index contributed by atoms with van der Waals surface area (Å²) in [5.74, 6) is 0.732. The van der Waals surface area contributed by atoms with Crippen LogP contribution in [0, 0.1) is 0 Å². The molecule has 128 valence electrons. The smallest absolute Gasteiger partial charge is 0.242 e. The van der Waals surface area contributed by atoms with Gasteiger partial charge in [-0.15, -0.1) is 0 Å². The molecular weight excluding hydrogens is 306 g/mol. The Labute approximate surface area is 141 Å². The Kier molecular flexibility index (Phi) is 4.97. The molecule has 0 spiro atoms. The Hall–Kier alpha value is -2.18. The summed E-state index contributed by atoms with van der Waals surface area (Å²) in [4.78, 5) is 14.6. The fourth-order valence-electron chi connectivity index (χ4n) is 3.44. The first-order valence-electron chi connectivity index (χ1n) is 8.17. The number of methoxy groups -OCH3 is 1. The fraction of sp³-hybridized carbons (Fsp3) is 0.444. The number of nitrogens with zero attached hydrogens (tertiary/aromatic N) is 2. The normalized spacial score (nSPS) is 21.1. The number of aromatic nitrogens is 1. The predicted octanol–water partition coefficient (Wildman–Crippen LogP) is 2.07. The molecule has 0 radical (unpaired) electrons. The molecule has 3 rings (SSSR count). The van der Waals surface area contributed by atoms with Gasteiger partial charge < -0.3 is 14.6 Å². The molecule has 2 heterocycles. The van der Waals surface area contributed by atoms with Crippen LogP contribution in [0.25, 0.3) is 11.3 Å². The molecule has 6 nitrogen and oxygen atoms in total. The first-order chi connectivity index (χ1) is 11.7. The standard InChI is InChI=1S/C18H23N3O3/c1-19-17(22)18(13-23-2)9-6-10-21(18)12-15-11-16(24-20-15)14-7-4-3-5-8-14/h3-5,7-8,11H,6,9-10,12-13H2,1-2H3,(H,19,22). The van der Waals surface area contributed by atoms with Gasteiger partial charge in [0, 0.05) is 32.3 Å². The minimum Gasteiger partial charge on any atom is -0.382 e. The van der Waals surface area contributed by atoms with Gasteiger partial charge in [-0.3, -0.25) is 9.69 Å². The number of nitrogens with one attached hydrogen (secondary N) is 1. The summed E-state index contributed by atoms with van der Waals surface area (Å²) >= 11 is 0. The van der Waals surface area contributed by atoms with E-state index in [1.54, 1.807) is 14.2 Å². The molecule has 1 saturated heterocycles. The first-order valence-corrected chi connectivity index (χ1v) is 8.17. The van der Waals surface area contributed by atoms with E-state index in [0.717, 1.165) is 36.4 Å². The van der Waals surface area contributed by atoms with Crippen molar-refractivity contribution in [3.05, 3.63) is 42.1 Å². The molecule has 0 bridgehead atoms. The lowest BCUT2D eigenvalue weighted by molar-refractivity contribution is -0.135. The average Bonchev–Trinajstić information content (AvgIpc) is 3.24. The van der Waals surface area contributed by atoms with Crippen LogP contribution >= 0.6 is 0 Å².